The number of rotatable bonds is 7. The molecular formula is C16H19N5. The minimum Gasteiger partial charge on any atom is -0.368 e. The van der Waals surface area contributed by atoms with Gasteiger partial charge in [-0.05, 0) is 25.6 Å². The van der Waals surface area contributed by atoms with Crippen LogP contribution in [0.5, 0.6) is 0 Å². The highest BCUT2D eigenvalue weighted by atomic mass is 15.1. The minimum absolute atomic E-state index is 0.343. The van der Waals surface area contributed by atoms with E-state index in [1.54, 1.807) is 6.20 Å². The fourth-order valence-corrected chi connectivity index (χ4v) is 2.08. The summed E-state index contributed by atoms with van der Waals surface area (Å²) in [4.78, 5) is 10.4. The molecule has 0 unspecified atom stereocenters. The summed E-state index contributed by atoms with van der Waals surface area (Å²) in [7, 11) is 2.11. The zero-order chi connectivity index (χ0) is 14.9. The second-order valence-electron chi connectivity index (χ2n) is 4.87. The van der Waals surface area contributed by atoms with Crippen molar-refractivity contribution in [2.75, 3.05) is 25.5 Å². The third-order valence-electron chi connectivity index (χ3n) is 3.11. The lowest BCUT2D eigenvalue weighted by Crippen LogP contribution is -2.21. The van der Waals surface area contributed by atoms with Crippen molar-refractivity contribution in [2.45, 2.75) is 13.0 Å². The SMILES string of the molecule is CN(CCCNc1nccnc1C#N)Cc1ccccc1. The fraction of sp³-hybridized carbons (Fsp3) is 0.312. The molecule has 1 aromatic carbocycles. The molecule has 0 saturated heterocycles. The van der Waals surface area contributed by atoms with Gasteiger partial charge in [0.1, 0.15) is 6.07 Å². The molecule has 2 rings (SSSR count). The van der Waals surface area contributed by atoms with Crippen LogP contribution in [0.25, 0.3) is 0 Å². The zero-order valence-electron chi connectivity index (χ0n) is 12.2. The number of hydrogen-bond donors (Lipinski definition) is 1. The standard InChI is InChI=1S/C16H19N5/c1-21(13-14-6-3-2-4-7-14)11-5-8-19-16-15(12-17)18-9-10-20-16/h2-4,6-7,9-10H,5,8,11,13H2,1H3,(H,19,20). The summed E-state index contributed by atoms with van der Waals surface area (Å²) in [6.45, 7) is 2.69. The van der Waals surface area contributed by atoms with Gasteiger partial charge < -0.3 is 10.2 Å². The van der Waals surface area contributed by atoms with Gasteiger partial charge in [-0.25, -0.2) is 9.97 Å². The van der Waals surface area contributed by atoms with E-state index in [4.69, 9.17) is 5.26 Å². The Bertz CT molecular complexity index is 591. The van der Waals surface area contributed by atoms with Gasteiger partial charge in [0.25, 0.3) is 0 Å². The van der Waals surface area contributed by atoms with Crippen molar-refractivity contribution in [1.29, 1.82) is 5.26 Å². The van der Waals surface area contributed by atoms with Gasteiger partial charge in [0.2, 0.25) is 0 Å². The lowest BCUT2D eigenvalue weighted by atomic mass is 10.2. The van der Waals surface area contributed by atoms with Gasteiger partial charge in [-0.3, -0.25) is 0 Å². The first kappa shape index (κ1) is 14.9. The van der Waals surface area contributed by atoms with Crippen LogP contribution >= 0.6 is 0 Å². The molecule has 0 bridgehead atoms. The molecule has 0 atom stereocenters. The molecule has 0 aliphatic rings. The molecule has 21 heavy (non-hydrogen) atoms. The zero-order valence-corrected chi connectivity index (χ0v) is 12.2. The third-order valence-corrected chi connectivity index (χ3v) is 3.11. The van der Waals surface area contributed by atoms with Crippen LogP contribution in [-0.2, 0) is 6.54 Å². The van der Waals surface area contributed by atoms with Crippen LogP contribution in [0.15, 0.2) is 42.7 Å². The minimum atomic E-state index is 0.343. The van der Waals surface area contributed by atoms with Gasteiger partial charge in [-0.15, -0.1) is 0 Å². The molecule has 108 valence electrons. The predicted molar refractivity (Wildman–Crippen MR) is 82.6 cm³/mol. The summed E-state index contributed by atoms with van der Waals surface area (Å²) in [6.07, 6.45) is 4.09. The van der Waals surface area contributed by atoms with Gasteiger partial charge in [-0.1, -0.05) is 30.3 Å². The summed E-state index contributed by atoms with van der Waals surface area (Å²) < 4.78 is 0. The molecule has 1 aromatic heterocycles. The Kier molecular flexibility index (Phi) is 5.68. The van der Waals surface area contributed by atoms with Crippen molar-refractivity contribution >= 4 is 5.82 Å². The van der Waals surface area contributed by atoms with Crippen molar-refractivity contribution in [3.8, 4) is 6.07 Å². The van der Waals surface area contributed by atoms with E-state index in [1.165, 1.54) is 11.8 Å². The lowest BCUT2D eigenvalue weighted by molar-refractivity contribution is 0.325. The summed E-state index contributed by atoms with van der Waals surface area (Å²) in [5, 5.41) is 12.1. The second kappa shape index (κ2) is 7.98. The molecule has 2 aromatic rings. The second-order valence-corrected chi connectivity index (χ2v) is 4.87. The number of benzene rings is 1. The van der Waals surface area contributed by atoms with Crippen molar-refractivity contribution in [3.05, 3.63) is 54.0 Å². The normalized spacial score (nSPS) is 10.3. The van der Waals surface area contributed by atoms with E-state index in [0.29, 0.717) is 11.5 Å². The average molecular weight is 281 g/mol. The molecular weight excluding hydrogens is 262 g/mol. The van der Waals surface area contributed by atoms with E-state index in [-0.39, 0.29) is 0 Å². The number of nitrogens with one attached hydrogen (secondary N) is 1. The maximum Gasteiger partial charge on any atom is 0.182 e. The van der Waals surface area contributed by atoms with Gasteiger partial charge in [0.15, 0.2) is 11.5 Å². The molecule has 5 nitrogen and oxygen atoms in total. The average Bonchev–Trinajstić information content (AvgIpc) is 2.53. The first-order valence-corrected chi connectivity index (χ1v) is 6.97. The summed E-state index contributed by atoms with van der Waals surface area (Å²) in [6, 6.07) is 12.4. The Morgan fingerprint density at radius 3 is 2.71 bits per heavy atom. The number of aromatic nitrogens is 2. The van der Waals surface area contributed by atoms with Crippen LogP contribution in [0.2, 0.25) is 0 Å². The molecule has 5 heteroatoms. The van der Waals surface area contributed by atoms with Crippen molar-refractivity contribution < 1.29 is 0 Å². The number of anilines is 1. The van der Waals surface area contributed by atoms with Crippen LogP contribution in [0.4, 0.5) is 5.82 Å². The number of nitrogens with zero attached hydrogens (tertiary/aromatic N) is 4. The number of nitriles is 1. The largest absolute Gasteiger partial charge is 0.368 e. The van der Waals surface area contributed by atoms with E-state index >= 15 is 0 Å². The molecule has 1 heterocycles. The maximum absolute atomic E-state index is 8.93. The summed E-state index contributed by atoms with van der Waals surface area (Å²) >= 11 is 0. The van der Waals surface area contributed by atoms with Crippen LogP contribution < -0.4 is 5.32 Å². The first-order valence-electron chi connectivity index (χ1n) is 6.97. The molecule has 0 radical (unpaired) electrons. The van der Waals surface area contributed by atoms with Gasteiger partial charge >= 0.3 is 0 Å². The van der Waals surface area contributed by atoms with Crippen molar-refractivity contribution in [2.24, 2.45) is 0 Å². The van der Waals surface area contributed by atoms with Crippen LogP contribution in [-0.4, -0.2) is 35.0 Å². The highest BCUT2D eigenvalue weighted by molar-refractivity contribution is 5.46. The van der Waals surface area contributed by atoms with Gasteiger partial charge in [0, 0.05) is 25.5 Å². The van der Waals surface area contributed by atoms with Crippen molar-refractivity contribution in [3.63, 3.8) is 0 Å². The Labute approximate surface area is 125 Å². The van der Waals surface area contributed by atoms with E-state index in [2.05, 4.69) is 51.5 Å². The molecule has 0 aliphatic carbocycles. The van der Waals surface area contributed by atoms with Crippen LogP contribution in [0.3, 0.4) is 0 Å². The van der Waals surface area contributed by atoms with E-state index in [0.717, 1.165) is 26.1 Å². The fourth-order valence-electron chi connectivity index (χ4n) is 2.08. The Morgan fingerprint density at radius 1 is 1.19 bits per heavy atom. The van der Waals surface area contributed by atoms with Crippen LogP contribution in [0.1, 0.15) is 17.7 Å². The monoisotopic (exact) mass is 281 g/mol. The molecule has 0 saturated carbocycles. The predicted octanol–water partition coefficient (Wildman–Crippen LogP) is 2.28. The maximum atomic E-state index is 8.93. The first-order chi connectivity index (χ1) is 10.3. The molecule has 0 fully saturated rings. The van der Waals surface area contributed by atoms with Gasteiger partial charge in [0.05, 0.1) is 0 Å². The van der Waals surface area contributed by atoms with E-state index < -0.39 is 0 Å². The topological polar surface area (TPSA) is 64.8 Å². The Balaban J connectivity index is 1.71. The van der Waals surface area contributed by atoms with Crippen molar-refractivity contribution in [1.82, 2.24) is 14.9 Å². The molecule has 0 spiro atoms. The smallest absolute Gasteiger partial charge is 0.182 e. The molecule has 0 amide bonds. The molecule has 1 N–H and O–H groups in total. The number of hydrogen-bond acceptors (Lipinski definition) is 5. The quantitative estimate of drug-likeness (QED) is 0.789. The highest BCUT2D eigenvalue weighted by Crippen LogP contribution is 2.07. The van der Waals surface area contributed by atoms with Crippen LogP contribution in [0, 0.1) is 11.3 Å². The highest BCUT2D eigenvalue weighted by Gasteiger charge is 2.03. The molecule has 0 aliphatic heterocycles. The Hall–Kier alpha value is -2.45. The van der Waals surface area contributed by atoms with Gasteiger partial charge in [-0.2, -0.15) is 5.26 Å². The third kappa shape index (κ3) is 4.86. The van der Waals surface area contributed by atoms with E-state index in [1.807, 2.05) is 12.1 Å². The lowest BCUT2D eigenvalue weighted by Gasteiger charge is -2.16. The summed E-state index contributed by atoms with van der Waals surface area (Å²) in [5.74, 6) is 0.561. The van der Waals surface area contributed by atoms with E-state index in [9.17, 15) is 0 Å². The Morgan fingerprint density at radius 2 is 1.95 bits per heavy atom. The summed E-state index contributed by atoms with van der Waals surface area (Å²) in [5.41, 5.74) is 1.66.